The van der Waals surface area contributed by atoms with Crippen LogP contribution in [0.5, 0.6) is 0 Å². The maximum Gasteiger partial charge on any atom is 0.270 e. The van der Waals surface area contributed by atoms with E-state index in [1.807, 2.05) is 23.2 Å². The number of hydrogen-bond donors (Lipinski definition) is 1. The highest BCUT2D eigenvalue weighted by Crippen LogP contribution is 2.28. The van der Waals surface area contributed by atoms with Gasteiger partial charge < -0.3 is 9.80 Å². The fraction of sp³-hybridized carbons (Fsp3) is 0.652. The van der Waals surface area contributed by atoms with E-state index in [1.54, 1.807) is 6.20 Å². The Bertz CT molecular complexity index is 760. The molecule has 1 aromatic heterocycles. The summed E-state index contributed by atoms with van der Waals surface area (Å²) in [5.74, 6) is 0.287. The van der Waals surface area contributed by atoms with Gasteiger partial charge in [0.25, 0.3) is 5.91 Å². The lowest BCUT2D eigenvalue weighted by Crippen LogP contribution is -2.48. The fourth-order valence-electron chi connectivity index (χ4n) is 5.08. The van der Waals surface area contributed by atoms with Crippen LogP contribution in [0.15, 0.2) is 29.6 Å². The normalized spacial score (nSPS) is 23.5. The van der Waals surface area contributed by atoms with Gasteiger partial charge in [0.1, 0.15) is 5.71 Å². The van der Waals surface area contributed by atoms with Gasteiger partial charge in [-0.05, 0) is 49.8 Å². The highest BCUT2D eigenvalue weighted by Gasteiger charge is 2.30. The molecule has 1 atom stereocenters. The van der Waals surface area contributed by atoms with Gasteiger partial charge in [0.05, 0.1) is 0 Å². The summed E-state index contributed by atoms with van der Waals surface area (Å²) >= 11 is 0. The van der Waals surface area contributed by atoms with Crippen LogP contribution >= 0.6 is 0 Å². The lowest BCUT2D eigenvalue weighted by Gasteiger charge is -2.41. The third-order valence-electron chi connectivity index (χ3n) is 6.65. The standard InChI is InChI=1S/C23H33N5O2/c29-22-11-10-21(25-26-22)23(30)28(15-18-6-4-12-24-14-18)17-19-7-5-13-27(16-19)20-8-2-1-3-9-20/h4,6,12,14,19-20H,1-3,5,7-11,13,15-17H2,(H,26,29). The number of likely N-dealkylation sites (tertiary alicyclic amines) is 1. The van der Waals surface area contributed by atoms with Crippen molar-refractivity contribution in [1.29, 1.82) is 0 Å². The molecule has 2 aliphatic heterocycles. The van der Waals surface area contributed by atoms with E-state index < -0.39 is 0 Å². The van der Waals surface area contributed by atoms with Crippen LogP contribution in [0.3, 0.4) is 0 Å². The SMILES string of the molecule is O=C1CCC(C(=O)N(Cc2cccnc2)CC2CCCN(C3CCCCC3)C2)=NN1. The molecule has 0 radical (unpaired) electrons. The molecule has 1 N–H and O–H groups in total. The van der Waals surface area contributed by atoms with Crippen LogP contribution in [0.4, 0.5) is 0 Å². The number of nitrogens with zero attached hydrogens (tertiary/aromatic N) is 4. The van der Waals surface area contributed by atoms with Crippen LogP contribution in [-0.2, 0) is 16.1 Å². The predicted molar refractivity (Wildman–Crippen MR) is 116 cm³/mol. The molecule has 0 spiro atoms. The number of amides is 2. The third kappa shape index (κ3) is 5.45. The van der Waals surface area contributed by atoms with E-state index >= 15 is 0 Å². The Kier molecular flexibility index (Phi) is 7.10. The van der Waals surface area contributed by atoms with Crippen molar-refractivity contribution in [3.05, 3.63) is 30.1 Å². The number of nitrogens with one attached hydrogen (secondary N) is 1. The van der Waals surface area contributed by atoms with Gasteiger partial charge in [-0.1, -0.05) is 25.3 Å². The minimum Gasteiger partial charge on any atom is -0.333 e. The first-order valence-electron chi connectivity index (χ1n) is 11.5. The average molecular weight is 412 g/mol. The van der Waals surface area contributed by atoms with Gasteiger partial charge in [-0.15, -0.1) is 0 Å². The van der Waals surface area contributed by atoms with Crippen molar-refractivity contribution >= 4 is 17.5 Å². The quantitative estimate of drug-likeness (QED) is 0.781. The molecular formula is C23H33N5O2. The van der Waals surface area contributed by atoms with Gasteiger partial charge in [-0.2, -0.15) is 5.10 Å². The number of pyridine rings is 1. The first-order valence-corrected chi connectivity index (χ1v) is 11.5. The number of carbonyl (C=O) groups is 2. The Hall–Kier alpha value is -2.28. The van der Waals surface area contributed by atoms with Crippen LogP contribution < -0.4 is 5.43 Å². The molecule has 1 aliphatic carbocycles. The maximum absolute atomic E-state index is 13.3. The van der Waals surface area contributed by atoms with E-state index in [9.17, 15) is 9.59 Å². The van der Waals surface area contributed by atoms with E-state index in [0.717, 1.165) is 31.1 Å². The van der Waals surface area contributed by atoms with Gasteiger partial charge in [-0.3, -0.25) is 14.6 Å². The van der Waals surface area contributed by atoms with Crippen LogP contribution in [0.25, 0.3) is 0 Å². The van der Waals surface area contributed by atoms with Crippen molar-refractivity contribution in [3.8, 4) is 0 Å². The van der Waals surface area contributed by atoms with Gasteiger partial charge >= 0.3 is 0 Å². The summed E-state index contributed by atoms with van der Waals surface area (Å²) in [5.41, 5.74) is 3.94. The molecule has 2 amide bonds. The van der Waals surface area contributed by atoms with Crippen LogP contribution in [-0.4, -0.2) is 58.0 Å². The zero-order chi connectivity index (χ0) is 20.8. The summed E-state index contributed by atoms with van der Waals surface area (Å²) in [5, 5.41) is 4.05. The number of aromatic nitrogens is 1. The van der Waals surface area contributed by atoms with E-state index in [4.69, 9.17) is 0 Å². The summed E-state index contributed by atoms with van der Waals surface area (Å²) in [6, 6.07) is 4.64. The molecule has 162 valence electrons. The predicted octanol–water partition coefficient (Wildman–Crippen LogP) is 2.72. The minimum atomic E-state index is -0.124. The smallest absolute Gasteiger partial charge is 0.270 e. The summed E-state index contributed by atoms with van der Waals surface area (Å²) in [6.07, 6.45) is 13.4. The largest absolute Gasteiger partial charge is 0.333 e. The van der Waals surface area contributed by atoms with Gasteiger partial charge in [0, 0.05) is 50.9 Å². The Labute approximate surface area is 178 Å². The molecule has 0 aromatic carbocycles. The van der Waals surface area contributed by atoms with Crippen LogP contribution in [0.2, 0.25) is 0 Å². The maximum atomic E-state index is 13.3. The highest BCUT2D eigenvalue weighted by atomic mass is 16.2. The summed E-state index contributed by atoms with van der Waals surface area (Å²) < 4.78 is 0. The molecule has 7 heteroatoms. The Morgan fingerprint density at radius 2 is 2.03 bits per heavy atom. The second kappa shape index (κ2) is 10.2. The Morgan fingerprint density at radius 1 is 1.17 bits per heavy atom. The lowest BCUT2D eigenvalue weighted by molar-refractivity contribution is -0.126. The molecule has 1 saturated carbocycles. The van der Waals surface area contributed by atoms with Crippen molar-refractivity contribution in [3.63, 3.8) is 0 Å². The zero-order valence-electron chi connectivity index (χ0n) is 17.8. The third-order valence-corrected chi connectivity index (χ3v) is 6.65. The van der Waals surface area contributed by atoms with Gasteiger partial charge in [0.15, 0.2) is 0 Å². The Morgan fingerprint density at radius 3 is 2.77 bits per heavy atom. The van der Waals surface area contributed by atoms with Crippen molar-refractivity contribution in [2.45, 2.75) is 70.4 Å². The summed E-state index contributed by atoms with van der Waals surface area (Å²) in [4.78, 5) is 33.5. The molecule has 1 saturated heterocycles. The molecule has 3 aliphatic rings. The fourth-order valence-corrected chi connectivity index (χ4v) is 5.08. The second-order valence-corrected chi connectivity index (χ2v) is 8.94. The topological polar surface area (TPSA) is 77.9 Å². The van der Waals surface area contributed by atoms with Gasteiger partial charge in [0.2, 0.25) is 5.91 Å². The van der Waals surface area contributed by atoms with E-state index in [2.05, 4.69) is 20.4 Å². The lowest BCUT2D eigenvalue weighted by atomic mass is 9.90. The van der Waals surface area contributed by atoms with Crippen LogP contribution in [0, 0.1) is 5.92 Å². The molecular weight excluding hydrogens is 378 g/mol. The first kappa shape index (κ1) is 21.0. The monoisotopic (exact) mass is 411 g/mol. The molecule has 0 bridgehead atoms. The van der Waals surface area contributed by atoms with Crippen molar-refractivity contribution in [1.82, 2.24) is 20.2 Å². The molecule has 1 unspecified atom stereocenters. The number of carbonyl (C=O) groups excluding carboxylic acids is 2. The van der Waals surface area contributed by atoms with E-state index in [0.29, 0.717) is 31.0 Å². The molecule has 7 nitrogen and oxygen atoms in total. The number of hydrazone groups is 1. The van der Waals surface area contributed by atoms with E-state index in [-0.39, 0.29) is 11.8 Å². The van der Waals surface area contributed by atoms with Crippen molar-refractivity contribution in [2.24, 2.45) is 11.0 Å². The minimum absolute atomic E-state index is 0.0614. The van der Waals surface area contributed by atoms with Crippen molar-refractivity contribution < 1.29 is 9.59 Å². The number of hydrogen-bond acceptors (Lipinski definition) is 5. The molecule has 2 fully saturated rings. The van der Waals surface area contributed by atoms with Crippen LogP contribution in [0.1, 0.15) is 63.4 Å². The van der Waals surface area contributed by atoms with Crippen molar-refractivity contribution in [2.75, 3.05) is 19.6 Å². The summed E-state index contributed by atoms with van der Waals surface area (Å²) in [7, 11) is 0. The zero-order valence-corrected chi connectivity index (χ0v) is 17.8. The molecule has 30 heavy (non-hydrogen) atoms. The van der Waals surface area contributed by atoms with E-state index in [1.165, 1.54) is 45.1 Å². The Balaban J connectivity index is 1.44. The molecule has 4 rings (SSSR count). The number of piperidine rings is 1. The number of rotatable bonds is 6. The molecule has 1 aromatic rings. The second-order valence-electron chi connectivity index (χ2n) is 8.94. The average Bonchev–Trinajstić information content (AvgIpc) is 2.80. The first-order chi connectivity index (χ1) is 14.7. The highest BCUT2D eigenvalue weighted by molar-refractivity contribution is 6.39. The summed E-state index contributed by atoms with van der Waals surface area (Å²) in [6.45, 7) is 3.52. The van der Waals surface area contributed by atoms with Gasteiger partial charge in [-0.25, -0.2) is 5.43 Å². The molecule has 3 heterocycles.